The molecule has 0 spiro atoms. The molecule has 5 rings (SSSR count). The summed E-state index contributed by atoms with van der Waals surface area (Å²) in [5.74, 6) is -0.489. The van der Waals surface area contributed by atoms with Gasteiger partial charge >= 0.3 is 0 Å². The first-order chi connectivity index (χ1) is 16.6. The monoisotopic (exact) mass is 451 g/mol. The number of para-hydroxylation sites is 1. The van der Waals surface area contributed by atoms with Gasteiger partial charge in [0.2, 0.25) is 0 Å². The molecule has 0 saturated carbocycles. The van der Waals surface area contributed by atoms with Crippen molar-refractivity contribution in [3.63, 3.8) is 0 Å². The number of anilines is 2. The average Bonchev–Trinajstić information content (AvgIpc) is 3.15. The van der Waals surface area contributed by atoms with Crippen LogP contribution in [0.2, 0.25) is 0 Å². The molecule has 0 N–H and O–H groups in total. The van der Waals surface area contributed by atoms with Gasteiger partial charge < -0.3 is 9.80 Å². The highest BCUT2D eigenvalue weighted by molar-refractivity contribution is 6.45. The van der Waals surface area contributed by atoms with Crippen molar-refractivity contribution in [2.75, 3.05) is 36.0 Å². The predicted octanol–water partition coefficient (Wildman–Crippen LogP) is 4.66. The highest BCUT2D eigenvalue weighted by Crippen LogP contribution is 2.35. The summed E-state index contributed by atoms with van der Waals surface area (Å²) in [6, 6.07) is 25.9. The molecule has 172 valence electrons. The second kappa shape index (κ2) is 9.18. The van der Waals surface area contributed by atoms with Gasteiger partial charge in [-0.1, -0.05) is 67.1 Å². The van der Waals surface area contributed by atoms with E-state index in [9.17, 15) is 9.59 Å². The number of carbonyl (C=O) groups is 2. The standard InChI is InChI=1S/C29H29N3O2/c1-3-22-11-15-25(16-12-22)32-28(33)26(23-13-9-21(2)10-14-23)27(29(32)34)31-19-17-30(18-20-31)24-7-5-4-6-8-24/h4-16H,3,17-20H2,1-2H3. The summed E-state index contributed by atoms with van der Waals surface area (Å²) in [5.41, 5.74) is 5.89. The van der Waals surface area contributed by atoms with E-state index < -0.39 is 0 Å². The summed E-state index contributed by atoms with van der Waals surface area (Å²) in [5, 5.41) is 0. The Morgan fingerprint density at radius 2 is 1.29 bits per heavy atom. The van der Waals surface area contributed by atoms with Crippen LogP contribution in [0.25, 0.3) is 5.57 Å². The number of aryl methyl sites for hydroxylation is 2. The second-order valence-corrected chi connectivity index (χ2v) is 8.86. The van der Waals surface area contributed by atoms with Gasteiger partial charge in [0.1, 0.15) is 5.70 Å². The van der Waals surface area contributed by atoms with Crippen LogP contribution < -0.4 is 9.80 Å². The number of hydrogen-bond donors (Lipinski definition) is 0. The molecule has 2 aliphatic rings. The molecule has 5 heteroatoms. The van der Waals surface area contributed by atoms with Crippen LogP contribution in [0.3, 0.4) is 0 Å². The molecule has 5 nitrogen and oxygen atoms in total. The van der Waals surface area contributed by atoms with E-state index in [0.29, 0.717) is 30.0 Å². The van der Waals surface area contributed by atoms with Crippen LogP contribution in [0.15, 0.2) is 84.6 Å². The van der Waals surface area contributed by atoms with Crippen LogP contribution in [0, 0.1) is 6.92 Å². The molecule has 34 heavy (non-hydrogen) atoms. The Morgan fingerprint density at radius 3 is 1.91 bits per heavy atom. The summed E-state index contributed by atoms with van der Waals surface area (Å²) < 4.78 is 0. The van der Waals surface area contributed by atoms with Crippen LogP contribution in [0.1, 0.15) is 23.6 Å². The van der Waals surface area contributed by atoms with Crippen molar-refractivity contribution in [3.05, 3.63) is 101 Å². The van der Waals surface area contributed by atoms with E-state index in [2.05, 4.69) is 28.9 Å². The number of benzene rings is 3. The van der Waals surface area contributed by atoms with Gasteiger partial charge in [-0.3, -0.25) is 9.59 Å². The first kappa shape index (κ1) is 22.0. The van der Waals surface area contributed by atoms with E-state index >= 15 is 0 Å². The van der Waals surface area contributed by atoms with Crippen molar-refractivity contribution in [2.24, 2.45) is 0 Å². The summed E-state index contributed by atoms with van der Waals surface area (Å²) in [6.45, 7) is 7.06. The largest absolute Gasteiger partial charge is 0.368 e. The quantitative estimate of drug-likeness (QED) is 0.529. The molecule has 2 heterocycles. The first-order valence-corrected chi connectivity index (χ1v) is 11.9. The summed E-state index contributed by atoms with van der Waals surface area (Å²) >= 11 is 0. The molecular weight excluding hydrogens is 422 g/mol. The minimum atomic E-state index is -0.251. The van der Waals surface area contributed by atoms with Gasteiger partial charge in [0, 0.05) is 31.9 Å². The van der Waals surface area contributed by atoms with Crippen LogP contribution in [0.5, 0.6) is 0 Å². The summed E-state index contributed by atoms with van der Waals surface area (Å²) in [7, 11) is 0. The lowest BCUT2D eigenvalue weighted by molar-refractivity contribution is -0.120. The number of carbonyl (C=O) groups excluding carboxylic acids is 2. The minimum absolute atomic E-state index is 0.238. The zero-order valence-corrected chi connectivity index (χ0v) is 19.7. The molecule has 2 aliphatic heterocycles. The summed E-state index contributed by atoms with van der Waals surface area (Å²) in [6.07, 6.45) is 0.909. The Bertz CT molecular complexity index is 1220. The SMILES string of the molecule is CCc1ccc(N2C(=O)C(c3ccc(C)cc3)=C(N3CCN(c4ccccc4)CC3)C2=O)cc1. The topological polar surface area (TPSA) is 43.9 Å². The fraction of sp³-hybridized carbons (Fsp3) is 0.241. The fourth-order valence-electron chi connectivity index (χ4n) is 4.73. The molecule has 3 aromatic carbocycles. The van der Waals surface area contributed by atoms with E-state index in [1.54, 1.807) is 0 Å². The number of piperazine rings is 1. The van der Waals surface area contributed by atoms with Gasteiger partial charge in [-0.2, -0.15) is 0 Å². The Balaban J connectivity index is 1.49. The minimum Gasteiger partial charge on any atom is -0.368 e. The molecule has 0 bridgehead atoms. The lowest BCUT2D eigenvalue weighted by Gasteiger charge is -2.37. The molecule has 0 radical (unpaired) electrons. The summed E-state index contributed by atoms with van der Waals surface area (Å²) in [4.78, 5) is 33.2. The van der Waals surface area contributed by atoms with E-state index in [1.807, 2.05) is 73.7 Å². The normalized spacial score (nSPS) is 16.6. The van der Waals surface area contributed by atoms with E-state index in [-0.39, 0.29) is 11.8 Å². The molecule has 0 aromatic heterocycles. The predicted molar refractivity (Wildman–Crippen MR) is 137 cm³/mol. The highest BCUT2D eigenvalue weighted by atomic mass is 16.2. The van der Waals surface area contributed by atoms with Crippen LogP contribution in [-0.4, -0.2) is 42.9 Å². The van der Waals surface area contributed by atoms with Crippen molar-refractivity contribution in [2.45, 2.75) is 20.3 Å². The van der Waals surface area contributed by atoms with Crippen molar-refractivity contribution in [3.8, 4) is 0 Å². The van der Waals surface area contributed by atoms with Gasteiger partial charge in [-0.05, 0) is 48.7 Å². The smallest absolute Gasteiger partial charge is 0.282 e. The lowest BCUT2D eigenvalue weighted by atomic mass is 10.0. The zero-order chi connectivity index (χ0) is 23.7. The van der Waals surface area contributed by atoms with Gasteiger partial charge in [0.05, 0.1) is 11.3 Å². The molecule has 3 aromatic rings. The third kappa shape index (κ3) is 3.98. The first-order valence-electron chi connectivity index (χ1n) is 11.9. The van der Waals surface area contributed by atoms with Crippen LogP contribution in [0.4, 0.5) is 11.4 Å². The van der Waals surface area contributed by atoms with Crippen LogP contribution >= 0.6 is 0 Å². The number of nitrogens with zero attached hydrogens (tertiary/aromatic N) is 3. The third-order valence-corrected chi connectivity index (χ3v) is 6.72. The maximum Gasteiger partial charge on any atom is 0.282 e. The number of imide groups is 1. The van der Waals surface area contributed by atoms with Gasteiger partial charge in [0.25, 0.3) is 11.8 Å². The molecular formula is C29H29N3O2. The Morgan fingerprint density at radius 1 is 0.676 bits per heavy atom. The van der Waals surface area contributed by atoms with Gasteiger partial charge in [-0.15, -0.1) is 0 Å². The lowest BCUT2D eigenvalue weighted by Crippen LogP contribution is -2.47. The molecule has 0 atom stereocenters. The number of rotatable bonds is 5. The van der Waals surface area contributed by atoms with E-state index in [4.69, 9.17) is 0 Å². The van der Waals surface area contributed by atoms with Crippen molar-refractivity contribution >= 4 is 28.8 Å². The third-order valence-electron chi connectivity index (χ3n) is 6.72. The number of amides is 2. The van der Waals surface area contributed by atoms with Crippen molar-refractivity contribution in [1.82, 2.24) is 4.90 Å². The Labute approximate surface area is 200 Å². The fourth-order valence-corrected chi connectivity index (χ4v) is 4.73. The molecule has 0 unspecified atom stereocenters. The zero-order valence-electron chi connectivity index (χ0n) is 19.7. The molecule has 0 aliphatic carbocycles. The van der Waals surface area contributed by atoms with Gasteiger partial charge in [0.15, 0.2) is 0 Å². The molecule has 1 fully saturated rings. The van der Waals surface area contributed by atoms with Crippen molar-refractivity contribution < 1.29 is 9.59 Å². The second-order valence-electron chi connectivity index (χ2n) is 8.86. The maximum atomic E-state index is 13.8. The van der Waals surface area contributed by atoms with E-state index in [0.717, 1.165) is 30.6 Å². The van der Waals surface area contributed by atoms with E-state index in [1.165, 1.54) is 16.2 Å². The Kier molecular flexibility index (Phi) is 5.93. The molecule has 2 amide bonds. The average molecular weight is 452 g/mol. The van der Waals surface area contributed by atoms with Gasteiger partial charge in [-0.25, -0.2) is 4.90 Å². The highest BCUT2D eigenvalue weighted by Gasteiger charge is 2.43. The number of hydrogen-bond acceptors (Lipinski definition) is 4. The van der Waals surface area contributed by atoms with Crippen LogP contribution in [-0.2, 0) is 16.0 Å². The maximum absolute atomic E-state index is 13.8. The Hall–Kier alpha value is -3.86. The molecule has 1 saturated heterocycles. The van der Waals surface area contributed by atoms with Crippen molar-refractivity contribution in [1.29, 1.82) is 0 Å².